The number of carbonyl (C=O) groups excluding carboxylic acids is 3. The number of amides is 3. The van der Waals surface area contributed by atoms with E-state index in [9.17, 15) is 14.4 Å². The summed E-state index contributed by atoms with van der Waals surface area (Å²) in [6.45, 7) is 18.9. The van der Waals surface area contributed by atoms with Crippen molar-refractivity contribution >= 4 is 35.2 Å². The van der Waals surface area contributed by atoms with E-state index in [2.05, 4.69) is 10.6 Å². The maximum absolute atomic E-state index is 14.5. The molecule has 2 N–H and O–H groups in total. The Morgan fingerprint density at radius 3 is 2.15 bits per heavy atom. The number of para-hydroxylation sites is 1. The van der Waals surface area contributed by atoms with Gasteiger partial charge in [-0.15, -0.1) is 0 Å². The van der Waals surface area contributed by atoms with Gasteiger partial charge < -0.3 is 20.3 Å². The van der Waals surface area contributed by atoms with Gasteiger partial charge in [0.15, 0.2) is 0 Å². The molecule has 0 spiro atoms. The first-order valence-corrected chi connectivity index (χ1v) is 14.4. The summed E-state index contributed by atoms with van der Waals surface area (Å²) < 4.78 is 5.50. The van der Waals surface area contributed by atoms with Crippen LogP contribution >= 0.6 is 11.6 Å². The number of benzene rings is 2. The van der Waals surface area contributed by atoms with Crippen molar-refractivity contribution in [2.45, 2.75) is 106 Å². The number of nitrogens with one attached hydrogen (secondary N) is 2. The van der Waals surface area contributed by atoms with Gasteiger partial charge in [-0.2, -0.15) is 0 Å². The standard InChI is InChI=1S/C32H46ClN3O4/c1-11-20(4)27(35-31(39)40-32(8,9)10)30(38)36(23(7)12-2)28(24-17-16-19(3)18-22(24)6)29(37)34-26-21(5)14-13-15-25(26)33/h13-18,20,23,27-28H,11-12H2,1-10H3,(H,34,37)(H,35,39). The molecule has 2 rings (SSSR count). The number of nitrogens with zero attached hydrogens (tertiary/aromatic N) is 1. The molecule has 40 heavy (non-hydrogen) atoms. The highest BCUT2D eigenvalue weighted by Gasteiger charge is 2.40. The molecule has 4 atom stereocenters. The number of alkyl carbamates (subject to hydrolysis) is 1. The van der Waals surface area contributed by atoms with Gasteiger partial charge >= 0.3 is 6.09 Å². The largest absolute Gasteiger partial charge is 0.444 e. The van der Waals surface area contributed by atoms with E-state index in [-0.39, 0.29) is 23.8 Å². The van der Waals surface area contributed by atoms with Gasteiger partial charge in [0, 0.05) is 6.04 Å². The van der Waals surface area contributed by atoms with E-state index in [0.717, 1.165) is 16.7 Å². The Labute approximate surface area is 245 Å². The van der Waals surface area contributed by atoms with Crippen LogP contribution in [-0.4, -0.2) is 40.5 Å². The van der Waals surface area contributed by atoms with Crippen LogP contribution in [0.25, 0.3) is 0 Å². The predicted octanol–water partition coefficient (Wildman–Crippen LogP) is 7.51. The Kier molecular flexibility index (Phi) is 11.6. The molecule has 2 aromatic rings. The van der Waals surface area contributed by atoms with Crippen LogP contribution in [0.4, 0.5) is 10.5 Å². The van der Waals surface area contributed by atoms with E-state index in [0.29, 0.717) is 29.1 Å². The third-order valence-electron chi connectivity index (χ3n) is 7.19. The fourth-order valence-electron chi connectivity index (χ4n) is 4.61. The molecule has 0 saturated heterocycles. The lowest BCUT2D eigenvalue weighted by Crippen LogP contribution is -2.57. The Bertz CT molecular complexity index is 1190. The second-order valence-corrected chi connectivity index (χ2v) is 12.1. The van der Waals surface area contributed by atoms with Crippen molar-refractivity contribution in [3.8, 4) is 0 Å². The van der Waals surface area contributed by atoms with Crippen LogP contribution in [0.15, 0.2) is 36.4 Å². The van der Waals surface area contributed by atoms with Crippen molar-refractivity contribution in [2.75, 3.05) is 5.32 Å². The maximum atomic E-state index is 14.5. The molecule has 0 fully saturated rings. The van der Waals surface area contributed by atoms with Crippen LogP contribution in [0.5, 0.6) is 0 Å². The summed E-state index contributed by atoms with van der Waals surface area (Å²) in [6.07, 6.45) is 0.569. The zero-order chi connectivity index (χ0) is 30.4. The maximum Gasteiger partial charge on any atom is 0.408 e. The van der Waals surface area contributed by atoms with Gasteiger partial charge in [-0.1, -0.05) is 74.7 Å². The van der Waals surface area contributed by atoms with Crippen molar-refractivity contribution < 1.29 is 19.1 Å². The number of rotatable bonds is 10. The molecular weight excluding hydrogens is 526 g/mol. The SMILES string of the molecule is CCC(C)C(NC(=O)OC(C)(C)C)C(=O)N(C(C)CC)C(C(=O)Nc1c(C)cccc1Cl)c1ccc(C)cc1C. The fraction of sp³-hybridized carbons (Fsp3) is 0.531. The number of hydrogen-bond acceptors (Lipinski definition) is 4. The van der Waals surface area contributed by atoms with E-state index in [1.54, 1.807) is 31.7 Å². The predicted molar refractivity (Wildman–Crippen MR) is 163 cm³/mol. The van der Waals surface area contributed by atoms with Gasteiger partial charge in [-0.3, -0.25) is 9.59 Å². The molecule has 7 nitrogen and oxygen atoms in total. The molecule has 0 aliphatic heterocycles. The smallest absolute Gasteiger partial charge is 0.408 e. The molecular formula is C32H46ClN3O4. The van der Waals surface area contributed by atoms with Crippen LogP contribution in [0, 0.1) is 26.7 Å². The summed E-state index contributed by atoms with van der Waals surface area (Å²) in [4.78, 5) is 43.2. The molecule has 220 valence electrons. The lowest BCUT2D eigenvalue weighted by molar-refractivity contribution is -0.144. The average Bonchev–Trinajstić information content (AvgIpc) is 2.86. The minimum atomic E-state index is -0.967. The zero-order valence-corrected chi connectivity index (χ0v) is 26.4. The highest BCUT2D eigenvalue weighted by Crippen LogP contribution is 2.33. The summed E-state index contributed by atoms with van der Waals surface area (Å²) >= 11 is 6.47. The van der Waals surface area contributed by atoms with Gasteiger partial charge in [-0.25, -0.2) is 4.79 Å². The van der Waals surface area contributed by atoms with Gasteiger partial charge in [0.05, 0.1) is 10.7 Å². The Balaban J connectivity index is 2.68. The summed E-state index contributed by atoms with van der Waals surface area (Å²) in [7, 11) is 0. The summed E-state index contributed by atoms with van der Waals surface area (Å²) in [5.74, 6) is -0.928. The van der Waals surface area contributed by atoms with Gasteiger partial charge in [-0.05, 0) is 83.6 Å². The molecule has 4 unspecified atom stereocenters. The number of anilines is 1. The molecule has 8 heteroatoms. The zero-order valence-electron chi connectivity index (χ0n) is 25.6. The first kappa shape index (κ1) is 33.1. The first-order chi connectivity index (χ1) is 18.6. The van der Waals surface area contributed by atoms with Crippen molar-refractivity contribution in [1.82, 2.24) is 10.2 Å². The Morgan fingerprint density at radius 1 is 0.975 bits per heavy atom. The van der Waals surface area contributed by atoms with Crippen molar-refractivity contribution in [3.63, 3.8) is 0 Å². The van der Waals surface area contributed by atoms with Crippen molar-refractivity contribution in [1.29, 1.82) is 0 Å². The van der Waals surface area contributed by atoms with Crippen LogP contribution in [0.1, 0.15) is 89.6 Å². The lowest BCUT2D eigenvalue weighted by Gasteiger charge is -2.40. The Morgan fingerprint density at radius 2 is 1.62 bits per heavy atom. The van der Waals surface area contributed by atoms with Crippen LogP contribution < -0.4 is 10.6 Å². The molecule has 0 aliphatic carbocycles. The third-order valence-corrected chi connectivity index (χ3v) is 7.50. The van der Waals surface area contributed by atoms with E-state index in [1.165, 1.54) is 0 Å². The molecule has 0 saturated carbocycles. The lowest BCUT2D eigenvalue weighted by atomic mass is 9.92. The number of ether oxygens (including phenoxy) is 1. The molecule has 2 aromatic carbocycles. The highest BCUT2D eigenvalue weighted by molar-refractivity contribution is 6.34. The van der Waals surface area contributed by atoms with E-state index in [1.807, 2.05) is 78.8 Å². The number of halogens is 1. The molecule has 0 bridgehead atoms. The van der Waals surface area contributed by atoms with Crippen LogP contribution in [0.2, 0.25) is 5.02 Å². The third kappa shape index (κ3) is 8.47. The van der Waals surface area contributed by atoms with Gasteiger partial charge in [0.1, 0.15) is 17.7 Å². The summed E-state index contributed by atoms with van der Waals surface area (Å²) in [5.41, 5.74) is 3.24. The number of hydrogen-bond donors (Lipinski definition) is 2. The summed E-state index contributed by atoms with van der Waals surface area (Å²) in [5, 5.41) is 6.24. The Hall–Kier alpha value is -3.06. The van der Waals surface area contributed by atoms with Crippen LogP contribution in [0.3, 0.4) is 0 Å². The van der Waals surface area contributed by atoms with E-state index in [4.69, 9.17) is 16.3 Å². The number of carbonyl (C=O) groups is 3. The second kappa shape index (κ2) is 14.0. The average molecular weight is 572 g/mol. The summed E-state index contributed by atoms with van der Waals surface area (Å²) in [6, 6.07) is 9.08. The van der Waals surface area contributed by atoms with Crippen LogP contribution in [-0.2, 0) is 14.3 Å². The topological polar surface area (TPSA) is 87.7 Å². The molecule has 3 amide bonds. The van der Waals surface area contributed by atoms with Crippen molar-refractivity contribution in [2.24, 2.45) is 5.92 Å². The van der Waals surface area contributed by atoms with Gasteiger partial charge in [0.2, 0.25) is 5.91 Å². The normalized spacial score (nSPS) is 14.5. The molecule has 0 radical (unpaired) electrons. The quantitative estimate of drug-likeness (QED) is 0.309. The highest BCUT2D eigenvalue weighted by atomic mass is 35.5. The molecule has 0 aromatic heterocycles. The van der Waals surface area contributed by atoms with Crippen molar-refractivity contribution in [3.05, 3.63) is 63.7 Å². The molecule has 0 heterocycles. The molecule has 0 aliphatic rings. The van der Waals surface area contributed by atoms with E-state index >= 15 is 0 Å². The van der Waals surface area contributed by atoms with Gasteiger partial charge in [0.25, 0.3) is 5.91 Å². The minimum absolute atomic E-state index is 0.208. The fourth-order valence-corrected chi connectivity index (χ4v) is 4.87. The first-order valence-electron chi connectivity index (χ1n) is 14.1. The second-order valence-electron chi connectivity index (χ2n) is 11.7. The monoisotopic (exact) mass is 571 g/mol. The number of aryl methyl sites for hydroxylation is 3. The van der Waals surface area contributed by atoms with E-state index < -0.39 is 23.8 Å². The minimum Gasteiger partial charge on any atom is -0.444 e.